The smallest absolute Gasteiger partial charge is 0.419 e. The fourth-order valence-corrected chi connectivity index (χ4v) is 4.39. The van der Waals surface area contributed by atoms with Crippen LogP contribution in [0.15, 0.2) is 56.6 Å². The molecule has 166 valence electrons. The number of hydrogen-bond donors (Lipinski definition) is 2. The minimum atomic E-state index is -4.05. The van der Waals surface area contributed by atoms with Crippen molar-refractivity contribution in [3.63, 3.8) is 0 Å². The Balaban J connectivity index is 1.81. The summed E-state index contributed by atoms with van der Waals surface area (Å²) in [4.78, 5) is 24.4. The summed E-state index contributed by atoms with van der Waals surface area (Å²) in [7, 11) is -2.52. The molecule has 10 heteroatoms. The number of rotatable bonds is 8. The number of carbonyl (C=O) groups excluding carboxylic acids is 1. The summed E-state index contributed by atoms with van der Waals surface area (Å²) < 4.78 is 40.0. The Kier molecular flexibility index (Phi) is 6.51. The Labute approximate surface area is 180 Å². The number of fused-ring (bicyclic) bond motifs is 1. The van der Waals surface area contributed by atoms with E-state index in [0.29, 0.717) is 23.6 Å². The standard InChI is InChI=1S/C21H25N3O6S/c1-5-29-15-8-6-14(7-9-15)22-20(25)19(13(2)3)23-31(27,28)16-10-11-17-18(12-16)30-21(26)24(17)4/h6-13,19,23H,5H2,1-4H3,(H,22,25). The van der Waals surface area contributed by atoms with Crippen LogP contribution in [0.3, 0.4) is 0 Å². The number of nitrogens with zero attached hydrogens (tertiary/aromatic N) is 1. The molecule has 9 nitrogen and oxygen atoms in total. The molecule has 0 fully saturated rings. The fourth-order valence-electron chi connectivity index (χ4n) is 3.03. The van der Waals surface area contributed by atoms with Crippen molar-refractivity contribution in [2.24, 2.45) is 13.0 Å². The SMILES string of the molecule is CCOc1ccc(NC(=O)C(NS(=O)(=O)c2ccc3c(c2)oc(=O)n3C)C(C)C)cc1. The summed E-state index contributed by atoms with van der Waals surface area (Å²) in [6, 6.07) is 9.89. The highest BCUT2D eigenvalue weighted by atomic mass is 32.2. The highest BCUT2D eigenvalue weighted by Crippen LogP contribution is 2.20. The third-order valence-electron chi connectivity index (χ3n) is 4.74. The van der Waals surface area contributed by atoms with Gasteiger partial charge in [0.15, 0.2) is 5.58 Å². The number of benzene rings is 2. The van der Waals surface area contributed by atoms with E-state index in [-0.39, 0.29) is 16.4 Å². The quantitative estimate of drug-likeness (QED) is 0.547. The highest BCUT2D eigenvalue weighted by Gasteiger charge is 2.29. The Morgan fingerprint density at radius 1 is 1.16 bits per heavy atom. The second-order valence-corrected chi connectivity index (χ2v) is 9.06. The highest BCUT2D eigenvalue weighted by molar-refractivity contribution is 7.89. The van der Waals surface area contributed by atoms with Crippen molar-refractivity contribution in [1.82, 2.24) is 9.29 Å². The Morgan fingerprint density at radius 3 is 2.45 bits per heavy atom. The van der Waals surface area contributed by atoms with Gasteiger partial charge in [0.25, 0.3) is 0 Å². The van der Waals surface area contributed by atoms with Crippen LogP contribution in [-0.4, -0.2) is 31.5 Å². The normalized spacial score (nSPS) is 12.8. The summed E-state index contributed by atoms with van der Waals surface area (Å²) in [6.45, 7) is 5.88. The largest absolute Gasteiger partial charge is 0.494 e. The van der Waals surface area contributed by atoms with Crippen LogP contribution < -0.4 is 20.5 Å². The summed E-state index contributed by atoms with van der Waals surface area (Å²) in [5.41, 5.74) is 1.14. The zero-order valence-corrected chi connectivity index (χ0v) is 18.5. The molecular weight excluding hydrogens is 422 g/mol. The van der Waals surface area contributed by atoms with Crippen molar-refractivity contribution in [1.29, 1.82) is 0 Å². The van der Waals surface area contributed by atoms with Crippen molar-refractivity contribution in [3.05, 3.63) is 53.0 Å². The predicted octanol–water partition coefficient (Wildman–Crippen LogP) is 2.47. The van der Waals surface area contributed by atoms with Gasteiger partial charge in [-0.3, -0.25) is 9.36 Å². The number of amides is 1. The molecule has 3 aromatic rings. The Morgan fingerprint density at radius 2 is 1.84 bits per heavy atom. The van der Waals surface area contributed by atoms with E-state index >= 15 is 0 Å². The van der Waals surface area contributed by atoms with E-state index in [0.717, 1.165) is 0 Å². The second-order valence-electron chi connectivity index (χ2n) is 7.35. The van der Waals surface area contributed by atoms with Gasteiger partial charge in [0.05, 0.1) is 17.0 Å². The number of nitrogens with one attached hydrogen (secondary N) is 2. The predicted molar refractivity (Wildman–Crippen MR) is 117 cm³/mol. The maximum atomic E-state index is 12.9. The molecule has 2 aromatic carbocycles. The molecular formula is C21H25N3O6S. The van der Waals surface area contributed by atoms with E-state index in [1.807, 2.05) is 6.92 Å². The zero-order valence-electron chi connectivity index (χ0n) is 17.7. The van der Waals surface area contributed by atoms with Crippen LogP contribution >= 0.6 is 0 Å². The maximum absolute atomic E-state index is 12.9. The van der Waals surface area contributed by atoms with E-state index in [1.54, 1.807) is 38.1 Å². The van der Waals surface area contributed by atoms with Gasteiger partial charge < -0.3 is 14.5 Å². The van der Waals surface area contributed by atoms with Crippen LogP contribution in [0.5, 0.6) is 5.75 Å². The van der Waals surface area contributed by atoms with E-state index in [4.69, 9.17) is 9.15 Å². The van der Waals surface area contributed by atoms with E-state index < -0.39 is 27.7 Å². The van der Waals surface area contributed by atoms with E-state index in [1.165, 1.54) is 29.8 Å². The van der Waals surface area contributed by atoms with Crippen molar-refractivity contribution >= 4 is 32.7 Å². The first-order valence-electron chi connectivity index (χ1n) is 9.78. The number of anilines is 1. The molecule has 0 saturated carbocycles. The van der Waals surface area contributed by atoms with Gasteiger partial charge >= 0.3 is 5.76 Å². The van der Waals surface area contributed by atoms with Crippen LogP contribution in [-0.2, 0) is 21.9 Å². The molecule has 1 amide bonds. The lowest BCUT2D eigenvalue weighted by Gasteiger charge is -2.21. The Hall–Kier alpha value is -3.11. The first kappa shape index (κ1) is 22.6. The number of oxazole rings is 1. The number of sulfonamides is 1. The maximum Gasteiger partial charge on any atom is 0.419 e. The monoisotopic (exact) mass is 447 g/mol. The number of carbonyl (C=O) groups is 1. The first-order valence-corrected chi connectivity index (χ1v) is 11.3. The van der Waals surface area contributed by atoms with Gasteiger partial charge in [-0.1, -0.05) is 13.8 Å². The summed E-state index contributed by atoms with van der Waals surface area (Å²) >= 11 is 0. The van der Waals surface area contributed by atoms with Gasteiger partial charge in [0, 0.05) is 18.8 Å². The van der Waals surface area contributed by atoms with Gasteiger partial charge in [-0.15, -0.1) is 0 Å². The first-order chi connectivity index (χ1) is 14.6. The minimum Gasteiger partial charge on any atom is -0.494 e. The summed E-state index contributed by atoms with van der Waals surface area (Å²) in [5.74, 6) is -0.734. The van der Waals surface area contributed by atoms with Gasteiger partial charge in [0.1, 0.15) is 11.8 Å². The van der Waals surface area contributed by atoms with Crippen LogP contribution in [0.25, 0.3) is 11.1 Å². The molecule has 1 heterocycles. The second kappa shape index (κ2) is 8.94. The fraction of sp³-hybridized carbons (Fsp3) is 0.333. The van der Waals surface area contributed by atoms with Gasteiger partial charge in [-0.2, -0.15) is 4.72 Å². The molecule has 31 heavy (non-hydrogen) atoms. The molecule has 3 rings (SSSR count). The van der Waals surface area contributed by atoms with Gasteiger partial charge in [0.2, 0.25) is 15.9 Å². The molecule has 0 aliphatic carbocycles. The van der Waals surface area contributed by atoms with Crippen molar-refractivity contribution < 1.29 is 22.4 Å². The molecule has 2 N–H and O–H groups in total. The molecule has 1 aromatic heterocycles. The lowest BCUT2D eigenvalue weighted by atomic mass is 10.0. The molecule has 1 atom stereocenters. The van der Waals surface area contributed by atoms with E-state index in [9.17, 15) is 18.0 Å². The Bertz CT molecular complexity index is 1240. The zero-order chi connectivity index (χ0) is 22.8. The molecule has 1 unspecified atom stereocenters. The molecule has 0 saturated heterocycles. The molecule has 0 spiro atoms. The molecule has 0 aliphatic heterocycles. The lowest BCUT2D eigenvalue weighted by Crippen LogP contribution is -2.47. The molecule has 0 radical (unpaired) electrons. The summed E-state index contributed by atoms with van der Waals surface area (Å²) in [6.07, 6.45) is 0. The van der Waals surface area contributed by atoms with Gasteiger partial charge in [-0.05, 0) is 49.2 Å². The average Bonchev–Trinajstić information content (AvgIpc) is 3.01. The average molecular weight is 448 g/mol. The van der Waals surface area contributed by atoms with Crippen LogP contribution in [0.1, 0.15) is 20.8 Å². The number of hydrogen-bond acceptors (Lipinski definition) is 6. The van der Waals surface area contributed by atoms with Gasteiger partial charge in [-0.25, -0.2) is 13.2 Å². The van der Waals surface area contributed by atoms with Crippen molar-refractivity contribution in [2.75, 3.05) is 11.9 Å². The lowest BCUT2D eigenvalue weighted by molar-refractivity contribution is -0.118. The van der Waals surface area contributed by atoms with Crippen molar-refractivity contribution in [2.45, 2.75) is 31.7 Å². The third-order valence-corrected chi connectivity index (χ3v) is 6.18. The molecule has 0 aliphatic rings. The topological polar surface area (TPSA) is 120 Å². The molecule has 0 bridgehead atoms. The number of aromatic nitrogens is 1. The van der Waals surface area contributed by atoms with Crippen molar-refractivity contribution in [3.8, 4) is 5.75 Å². The van der Waals surface area contributed by atoms with Crippen LogP contribution in [0.2, 0.25) is 0 Å². The van der Waals surface area contributed by atoms with Crippen LogP contribution in [0.4, 0.5) is 5.69 Å². The summed E-state index contributed by atoms with van der Waals surface area (Å²) in [5, 5.41) is 2.72. The number of aryl methyl sites for hydroxylation is 1. The third kappa shape index (κ3) is 4.97. The van der Waals surface area contributed by atoms with E-state index in [2.05, 4.69) is 10.0 Å². The minimum absolute atomic E-state index is 0.103. The number of ether oxygens (including phenoxy) is 1. The van der Waals surface area contributed by atoms with Crippen LogP contribution in [0, 0.1) is 5.92 Å².